The first kappa shape index (κ1) is 14.8. The van der Waals surface area contributed by atoms with Crippen LogP contribution in [0, 0.1) is 10.1 Å². The summed E-state index contributed by atoms with van der Waals surface area (Å²) in [6.07, 6.45) is 0. The Hall–Kier alpha value is -2.60. The number of hydrogen-bond acceptors (Lipinski definition) is 5. The highest BCUT2D eigenvalue weighted by Gasteiger charge is 2.17. The minimum absolute atomic E-state index is 0.0785. The van der Waals surface area contributed by atoms with Crippen molar-refractivity contribution >= 4 is 5.69 Å². The Kier molecular flexibility index (Phi) is 4.39. The highest BCUT2D eigenvalue weighted by molar-refractivity contribution is 5.52. The molecular weight excluding hydrogens is 272 g/mol. The van der Waals surface area contributed by atoms with Crippen LogP contribution in [0.15, 0.2) is 42.5 Å². The van der Waals surface area contributed by atoms with Crippen molar-refractivity contribution in [2.45, 2.75) is 13.0 Å². The number of nitro groups is 1. The Bertz CT molecular complexity index is 639. The van der Waals surface area contributed by atoms with Crippen molar-refractivity contribution in [3.63, 3.8) is 0 Å². The maximum atomic E-state index is 11.0. The van der Waals surface area contributed by atoms with E-state index < -0.39 is 4.92 Å². The lowest BCUT2D eigenvalue weighted by atomic mass is 10.1. The standard InChI is InChI=1S/C15H16N2O4/c1-10(16)11-3-5-12(6-4-11)21-15-9-13(20-2)7-8-14(15)17(18)19/h3-10H,16H2,1-2H3. The van der Waals surface area contributed by atoms with Crippen LogP contribution < -0.4 is 15.2 Å². The SMILES string of the molecule is COc1ccc([N+](=O)[O-])c(Oc2ccc(C(C)N)cc2)c1. The molecule has 0 aliphatic heterocycles. The molecule has 2 rings (SSSR count). The Labute approximate surface area is 122 Å². The van der Waals surface area contributed by atoms with Crippen molar-refractivity contribution in [3.8, 4) is 17.2 Å². The summed E-state index contributed by atoms with van der Waals surface area (Å²) in [6, 6.07) is 11.4. The average Bonchev–Trinajstić information content (AvgIpc) is 2.47. The number of nitrogens with zero attached hydrogens (tertiary/aromatic N) is 1. The van der Waals surface area contributed by atoms with Gasteiger partial charge in [0, 0.05) is 18.2 Å². The van der Waals surface area contributed by atoms with Crippen molar-refractivity contribution in [2.75, 3.05) is 7.11 Å². The number of hydrogen-bond donors (Lipinski definition) is 1. The predicted molar refractivity (Wildman–Crippen MR) is 78.8 cm³/mol. The highest BCUT2D eigenvalue weighted by Crippen LogP contribution is 2.34. The molecule has 1 unspecified atom stereocenters. The zero-order valence-electron chi connectivity index (χ0n) is 11.8. The fourth-order valence-corrected chi connectivity index (χ4v) is 1.82. The largest absolute Gasteiger partial charge is 0.497 e. The van der Waals surface area contributed by atoms with Crippen LogP contribution in [0.4, 0.5) is 5.69 Å². The summed E-state index contributed by atoms with van der Waals surface area (Å²) in [7, 11) is 1.49. The molecule has 2 N–H and O–H groups in total. The van der Waals surface area contributed by atoms with Gasteiger partial charge in [0.2, 0.25) is 5.75 Å². The van der Waals surface area contributed by atoms with Crippen LogP contribution in [0.1, 0.15) is 18.5 Å². The van der Waals surface area contributed by atoms with Gasteiger partial charge < -0.3 is 15.2 Å². The van der Waals surface area contributed by atoms with Gasteiger partial charge in [-0.1, -0.05) is 12.1 Å². The van der Waals surface area contributed by atoms with E-state index in [9.17, 15) is 10.1 Å². The maximum Gasteiger partial charge on any atom is 0.311 e. The lowest BCUT2D eigenvalue weighted by Crippen LogP contribution is -2.04. The lowest BCUT2D eigenvalue weighted by Gasteiger charge is -2.10. The molecule has 0 fully saturated rings. The molecule has 0 aromatic heterocycles. The van der Waals surface area contributed by atoms with Crippen LogP contribution in [0.5, 0.6) is 17.2 Å². The van der Waals surface area contributed by atoms with E-state index in [1.807, 2.05) is 19.1 Å². The zero-order chi connectivity index (χ0) is 15.4. The molecule has 110 valence electrons. The van der Waals surface area contributed by atoms with Crippen LogP contribution in [0.25, 0.3) is 0 Å². The van der Waals surface area contributed by atoms with Crippen LogP contribution in [-0.2, 0) is 0 Å². The summed E-state index contributed by atoms with van der Waals surface area (Å²) in [5.74, 6) is 1.12. The summed E-state index contributed by atoms with van der Waals surface area (Å²) in [5.41, 5.74) is 6.61. The van der Waals surface area contributed by atoms with Gasteiger partial charge in [-0.2, -0.15) is 0 Å². The van der Waals surface area contributed by atoms with Gasteiger partial charge in [0.25, 0.3) is 0 Å². The van der Waals surface area contributed by atoms with Crippen LogP contribution >= 0.6 is 0 Å². The molecule has 0 heterocycles. The van der Waals surface area contributed by atoms with E-state index in [1.54, 1.807) is 12.1 Å². The Morgan fingerprint density at radius 2 is 1.76 bits per heavy atom. The first-order chi connectivity index (χ1) is 10.0. The molecule has 0 aliphatic carbocycles. The molecule has 2 aromatic rings. The van der Waals surface area contributed by atoms with E-state index in [1.165, 1.54) is 25.3 Å². The van der Waals surface area contributed by atoms with Crippen LogP contribution in [0.3, 0.4) is 0 Å². The van der Waals surface area contributed by atoms with Crippen molar-refractivity contribution in [1.82, 2.24) is 0 Å². The highest BCUT2D eigenvalue weighted by atomic mass is 16.6. The number of ether oxygens (including phenoxy) is 2. The molecule has 0 amide bonds. The minimum Gasteiger partial charge on any atom is -0.497 e. The summed E-state index contributed by atoms with van der Waals surface area (Å²) in [4.78, 5) is 10.5. The van der Waals surface area contributed by atoms with Gasteiger partial charge >= 0.3 is 5.69 Å². The molecule has 0 saturated heterocycles. The van der Waals surface area contributed by atoms with E-state index in [4.69, 9.17) is 15.2 Å². The number of nitrogens with two attached hydrogens (primary N) is 1. The normalized spacial score (nSPS) is 11.8. The monoisotopic (exact) mass is 288 g/mol. The number of rotatable bonds is 5. The average molecular weight is 288 g/mol. The van der Waals surface area contributed by atoms with Gasteiger partial charge in [0.1, 0.15) is 11.5 Å². The first-order valence-corrected chi connectivity index (χ1v) is 6.37. The van der Waals surface area contributed by atoms with Gasteiger partial charge in [-0.05, 0) is 30.7 Å². The Balaban J connectivity index is 2.31. The Morgan fingerprint density at radius 1 is 1.14 bits per heavy atom. The minimum atomic E-state index is -0.495. The molecule has 0 aliphatic rings. The molecule has 21 heavy (non-hydrogen) atoms. The summed E-state index contributed by atoms with van der Waals surface area (Å²) < 4.78 is 10.6. The van der Waals surface area contributed by atoms with Gasteiger partial charge in [-0.3, -0.25) is 10.1 Å². The smallest absolute Gasteiger partial charge is 0.311 e. The molecule has 0 radical (unpaired) electrons. The topological polar surface area (TPSA) is 87.6 Å². The third kappa shape index (κ3) is 3.49. The van der Waals surface area contributed by atoms with E-state index in [2.05, 4.69) is 0 Å². The van der Waals surface area contributed by atoms with E-state index in [0.29, 0.717) is 11.5 Å². The van der Waals surface area contributed by atoms with Gasteiger partial charge in [0.05, 0.1) is 12.0 Å². The molecule has 0 saturated carbocycles. The van der Waals surface area contributed by atoms with E-state index in [0.717, 1.165) is 5.56 Å². The van der Waals surface area contributed by atoms with Crippen LogP contribution in [0.2, 0.25) is 0 Å². The molecular formula is C15H16N2O4. The summed E-state index contributed by atoms with van der Waals surface area (Å²) in [5, 5.41) is 11.0. The number of benzene rings is 2. The van der Waals surface area contributed by atoms with Gasteiger partial charge in [-0.25, -0.2) is 0 Å². The third-order valence-electron chi connectivity index (χ3n) is 3.00. The van der Waals surface area contributed by atoms with Crippen molar-refractivity contribution in [3.05, 3.63) is 58.1 Å². The molecule has 1 atom stereocenters. The molecule has 6 heteroatoms. The van der Waals surface area contributed by atoms with Gasteiger partial charge in [-0.15, -0.1) is 0 Å². The second-order valence-corrected chi connectivity index (χ2v) is 4.55. The summed E-state index contributed by atoms with van der Waals surface area (Å²) in [6.45, 7) is 1.88. The molecule has 0 spiro atoms. The molecule has 6 nitrogen and oxygen atoms in total. The van der Waals surface area contributed by atoms with E-state index in [-0.39, 0.29) is 17.5 Å². The van der Waals surface area contributed by atoms with E-state index >= 15 is 0 Å². The second kappa shape index (κ2) is 6.23. The quantitative estimate of drug-likeness (QED) is 0.672. The number of methoxy groups -OCH3 is 1. The summed E-state index contributed by atoms with van der Waals surface area (Å²) >= 11 is 0. The zero-order valence-corrected chi connectivity index (χ0v) is 11.8. The fraction of sp³-hybridized carbons (Fsp3) is 0.200. The lowest BCUT2D eigenvalue weighted by molar-refractivity contribution is -0.385. The first-order valence-electron chi connectivity index (χ1n) is 6.37. The third-order valence-corrected chi connectivity index (χ3v) is 3.00. The maximum absolute atomic E-state index is 11.0. The van der Waals surface area contributed by atoms with Crippen molar-refractivity contribution in [1.29, 1.82) is 0 Å². The molecule has 0 bridgehead atoms. The molecule has 2 aromatic carbocycles. The fourth-order valence-electron chi connectivity index (χ4n) is 1.82. The Morgan fingerprint density at radius 3 is 2.29 bits per heavy atom. The number of nitro benzene ring substituents is 1. The van der Waals surface area contributed by atoms with Crippen molar-refractivity contribution < 1.29 is 14.4 Å². The second-order valence-electron chi connectivity index (χ2n) is 4.55. The van der Waals surface area contributed by atoms with Gasteiger partial charge in [0.15, 0.2) is 0 Å². The predicted octanol–water partition coefficient (Wildman–Crippen LogP) is 3.42. The van der Waals surface area contributed by atoms with Crippen molar-refractivity contribution in [2.24, 2.45) is 5.73 Å². The van der Waals surface area contributed by atoms with Crippen LogP contribution in [-0.4, -0.2) is 12.0 Å².